The molecule has 0 atom stereocenters. The maximum Gasteiger partial charge on any atom is 0.191 e. The molecule has 0 unspecified atom stereocenters. The third kappa shape index (κ3) is 7.75. The van der Waals surface area contributed by atoms with Crippen LogP contribution in [0.1, 0.15) is 49.3 Å². The Morgan fingerprint density at radius 1 is 1.25 bits per heavy atom. The third-order valence-electron chi connectivity index (χ3n) is 3.96. The van der Waals surface area contributed by atoms with Crippen molar-refractivity contribution < 1.29 is 8.91 Å². The van der Waals surface area contributed by atoms with Gasteiger partial charge in [0.15, 0.2) is 11.7 Å². The van der Waals surface area contributed by atoms with Crippen LogP contribution in [0.3, 0.4) is 0 Å². The van der Waals surface area contributed by atoms with Gasteiger partial charge in [0.25, 0.3) is 0 Å². The minimum atomic E-state index is -0.187. The lowest BCUT2D eigenvalue weighted by molar-refractivity contribution is 0.372. The first-order valence-corrected chi connectivity index (χ1v) is 9.28. The number of hydrogen-bond donors (Lipinski definition) is 2. The number of halogens is 2. The number of nitrogens with one attached hydrogen (secondary N) is 2. The molecule has 156 valence electrons. The summed E-state index contributed by atoms with van der Waals surface area (Å²) < 4.78 is 19.3. The van der Waals surface area contributed by atoms with E-state index in [2.05, 4.69) is 34.6 Å². The van der Waals surface area contributed by atoms with Gasteiger partial charge in [-0.05, 0) is 44.6 Å². The van der Waals surface area contributed by atoms with E-state index in [0.29, 0.717) is 37.1 Å². The summed E-state index contributed by atoms with van der Waals surface area (Å²) in [5, 5.41) is 10.5. The maximum absolute atomic E-state index is 13.9. The molecule has 2 aromatic rings. The summed E-state index contributed by atoms with van der Waals surface area (Å²) >= 11 is 0. The highest BCUT2D eigenvalue weighted by atomic mass is 127. The van der Waals surface area contributed by atoms with Crippen LogP contribution in [-0.4, -0.2) is 36.7 Å². The molecule has 0 fully saturated rings. The van der Waals surface area contributed by atoms with Crippen molar-refractivity contribution in [2.45, 2.75) is 46.3 Å². The van der Waals surface area contributed by atoms with E-state index in [1.165, 1.54) is 6.07 Å². The summed E-state index contributed by atoms with van der Waals surface area (Å²) in [7, 11) is 3.84. The largest absolute Gasteiger partial charge is 0.359 e. The second kappa shape index (κ2) is 12.0. The summed E-state index contributed by atoms with van der Waals surface area (Å²) in [6.45, 7) is 8.43. The van der Waals surface area contributed by atoms with E-state index < -0.39 is 0 Å². The molecule has 6 nitrogen and oxygen atoms in total. The molecule has 28 heavy (non-hydrogen) atoms. The second-order valence-electron chi connectivity index (χ2n) is 7.09. The van der Waals surface area contributed by atoms with Crippen molar-refractivity contribution in [2.75, 3.05) is 20.6 Å². The molecule has 0 saturated carbocycles. The number of aromatic nitrogens is 1. The van der Waals surface area contributed by atoms with Crippen molar-refractivity contribution in [2.24, 2.45) is 4.99 Å². The molecule has 0 aliphatic carbocycles. The molecular weight excluding hydrogens is 472 g/mol. The van der Waals surface area contributed by atoms with Crippen LogP contribution in [0.2, 0.25) is 0 Å². The smallest absolute Gasteiger partial charge is 0.191 e. The number of guanidine groups is 1. The quantitative estimate of drug-likeness (QED) is 0.325. The van der Waals surface area contributed by atoms with E-state index in [4.69, 9.17) is 4.52 Å². The fraction of sp³-hybridized carbons (Fsp3) is 0.500. The Kier molecular flexibility index (Phi) is 10.4. The molecule has 0 amide bonds. The van der Waals surface area contributed by atoms with Gasteiger partial charge in [0.05, 0.1) is 18.8 Å². The van der Waals surface area contributed by atoms with Crippen molar-refractivity contribution >= 4 is 29.9 Å². The average molecular weight is 503 g/mol. The van der Waals surface area contributed by atoms with E-state index in [-0.39, 0.29) is 29.8 Å². The van der Waals surface area contributed by atoms with Crippen LogP contribution >= 0.6 is 24.0 Å². The normalized spacial score (nSPS) is 11.6. The Balaban J connectivity index is 0.00000392. The number of aliphatic imine (C=N–C) groups is 1. The van der Waals surface area contributed by atoms with E-state index in [9.17, 15) is 4.39 Å². The van der Waals surface area contributed by atoms with Crippen LogP contribution in [0.4, 0.5) is 4.39 Å². The molecule has 2 N–H and O–H groups in total. The van der Waals surface area contributed by atoms with E-state index in [1.54, 1.807) is 6.07 Å². The Morgan fingerprint density at radius 2 is 2.00 bits per heavy atom. The van der Waals surface area contributed by atoms with Gasteiger partial charge in [-0.1, -0.05) is 25.1 Å². The molecule has 0 aliphatic heterocycles. The summed E-state index contributed by atoms with van der Waals surface area (Å²) in [6, 6.07) is 7.10. The summed E-state index contributed by atoms with van der Waals surface area (Å²) in [4.78, 5) is 6.53. The zero-order valence-electron chi connectivity index (χ0n) is 17.3. The van der Waals surface area contributed by atoms with Crippen molar-refractivity contribution in [3.63, 3.8) is 0 Å². The number of rotatable bonds is 8. The van der Waals surface area contributed by atoms with E-state index in [1.807, 2.05) is 38.1 Å². The molecule has 2 rings (SSSR count). The van der Waals surface area contributed by atoms with Gasteiger partial charge in [0.1, 0.15) is 5.82 Å². The molecule has 0 aliphatic rings. The Bertz CT molecular complexity index is 761. The highest BCUT2D eigenvalue weighted by Gasteiger charge is 2.09. The number of nitrogens with zero attached hydrogens (tertiary/aromatic N) is 3. The summed E-state index contributed by atoms with van der Waals surface area (Å²) in [5.41, 5.74) is 2.58. The molecule has 1 aromatic heterocycles. The predicted octanol–water partition coefficient (Wildman–Crippen LogP) is 3.87. The van der Waals surface area contributed by atoms with Gasteiger partial charge in [-0.25, -0.2) is 9.38 Å². The van der Waals surface area contributed by atoms with Gasteiger partial charge in [0, 0.05) is 24.7 Å². The Labute approximate surface area is 184 Å². The first-order valence-electron chi connectivity index (χ1n) is 9.28. The first-order chi connectivity index (χ1) is 12.9. The van der Waals surface area contributed by atoms with Gasteiger partial charge in [-0.3, -0.25) is 0 Å². The minimum absolute atomic E-state index is 0. The predicted molar refractivity (Wildman–Crippen MR) is 121 cm³/mol. The van der Waals surface area contributed by atoms with Crippen LogP contribution in [0.5, 0.6) is 0 Å². The zero-order chi connectivity index (χ0) is 19.8. The molecule has 1 heterocycles. The van der Waals surface area contributed by atoms with Gasteiger partial charge in [-0.15, -0.1) is 24.0 Å². The Morgan fingerprint density at radius 3 is 2.61 bits per heavy atom. The van der Waals surface area contributed by atoms with Crippen molar-refractivity contribution in [1.29, 1.82) is 0 Å². The summed E-state index contributed by atoms with van der Waals surface area (Å²) in [5.74, 6) is 1.59. The SMILES string of the molecule is CCNC(=NCc1ccc(F)c(CN(C)C)c1)NCc1cc(C(C)C)no1.I. The molecule has 0 saturated heterocycles. The van der Waals surface area contributed by atoms with Crippen LogP contribution in [0.15, 0.2) is 33.8 Å². The van der Waals surface area contributed by atoms with Crippen LogP contribution in [0, 0.1) is 5.82 Å². The Hall–Kier alpha value is -1.68. The van der Waals surface area contributed by atoms with Crippen LogP contribution in [0.25, 0.3) is 0 Å². The van der Waals surface area contributed by atoms with E-state index >= 15 is 0 Å². The van der Waals surface area contributed by atoms with Crippen molar-refractivity contribution in [1.82, 2.24) is 20.7 Å². The molecule has 1 aromatic carbocycles. The van der Waals surface area contributed by atoms with Gasteiger partial charge >= 0.3 is 0 Å². The average Bonchev–Trinajstić information content (AvgIpc) is 3.09. The zero-order valence-corrected chi connectivity index (χ0v) is 19.6. The second-order valence-corrected chi connectivity index (χ2v) is 7.09. The van der Waals surface area contributed by atoms with Gasteiger partial charge in [0.2, 0.25) is 0 Å². The van der Waals surface area contributed by atoms with Crippen LogP contribution in [-0.2, 0) is 19.6 Å². The monoisotopic (exact) mass is 503 g/mol. The molecule has 0 spiro atoms. The topological polar surface area (TPSA) is 65.7 Å². The highest BCUT2D eigenvalue weighted by Crippen LogP contribution is 2.14. The molecule has 0 radical (unpaired) electrons. The number of benzene rings is 1. The fourth-order valence-electron chi connectivity index (χ4n) is 2.56. The lowest BCUT2D eigenvalue weighted by atomic mass is 10.1. The fourth-order valence-corrected chi connectivity index (χ4v) is 2.56. The molecular formula is C20H31FIN5O. The number of hydrogen-bond acceptors (Lipinski definition) is 4. The summed E-state index contributed by atoms with van der Waals surface area (Å²) in [6.07, 6.45) is 0. The minimum Gasteiger partial charge on any atom is -0.359 e. The molecule has 0 bridgehead atoms. The van der Waals surface area contributed by atoms with Crippen LogP contribution < -0.4 is 10.6 Å². The standard InChI is InChI=1S/C20H30FN5O.HI/c1-6-22-20(24-12-17-10-19(14(2)3)25-27-17)23-11-15-7-8-18(21)16(9-15)13-26(4)5;/h7-10,14H,6,11-13H2,1-5H3,(H2,22,23,24);1H. The van der Waals surface area contributed by atoms with Gasteiger partial charge < -0.3 is 20.1 Å². The van der Waals surface area contributed by atoms with E-state index in [0.717, 1.165) is 23.6 Å². The lowest BCUT2D eigenvalue weighted by Gasteiger charge is -2.12. The molecule has 8 heteroatoms. The van der Waals surface area contributed by atoms with Gasteiger partial charge in [-0.2, -0.15) is 0 Å². The van der Waals surface area contributed by atoms with Crippen molar-refractivity contribution in [3.05, 3.63) is 52.7 Å². The highest BCUT2D eigenvalue weighted by molar-refractivity contribution is 14.0. The maximum atomic E-state index is 13.9. The third-order valence-corrected chi connectivity index (χ3v) is 3.96. The van der Waals surface area contributed by atoms with Crippen molar-refractivity contribution in [3.8, 4) is 0 Å². The lowest BCUT2D eigenvalue weighted by Crippen LogP contribution is -2.36. The first kappa shape index (κ1) is 24.4.